The van der Waals surface area contributed by atoms with Gasteiger partial charge in [-0.2, -0.15) is 0 Å². The van der Waals surface area contributed by atoms with Crippen molar-refractivity contribution in [3.63, 3.8) is 0 Å². The number of hydrogen-bond acceptors (Lipinski definition) is 5. The van der Waals surface area contributed by atoms with Crippen molar-refractivity contribution in [3.8, 4) is 5.75 Å². The predicted octanol–water partition coefficient (Wildman–Crippen LogP) is 0.944. The van der Waals surface area contributed by atoms with E-state index in [9.17, 15) is 9.90 Å². The zero-order valence-electron chi connectivity index (χ0n) is 13.0. The SMILES string of the molecule is O=C(CN1CCN(C2CCNCC2)CC1)c1ccc(O)cc1. The summed E-state index contributed by atoms with van der Waals surface area (Å²) in [5.74, 6) is 0.336. The summed E-state index contributed by atoms with van der Waals surface area (Å²) >= 11 is 0. The number of carbonyl (C=O) groups excluding carboxylic acids is 1. The molecule has 0 aliphatic carbocycles. The zero-order valence-corrected chi connectivity index (χ0v) is 13.0. The van der Waals surface area contributed by atoms with Crippen LogP contribution >= 0.6 is 0 Å². The van der Waals surface area contributed by atoms with E-state index in [4.69, 9.17) is 0 Å². The second kappa shape index (κ2) is 7.22. The molecule has 0 saturated carbocycles. The van der Waals surface area contributed by atoms with Crippen LogP contribution in [0.5, 0.6) is 5.75 Å². The molecule has 5 heteroatoms. The van der Waals surface area contributed by atoms with E-state index in [0.29, 0.717) is 12.1 Å². The van der Waals surface area contributed by atoms with Gasteiger partial charge in [0.15, 0.2) is 5.78 Å². The number of hydrogen-bond donors (Lipinski definition) is 2. The predicted molar refractivity (Wildman–Crippen MR) is 86.3 cm³/mol. The number of nitrogens with one attached hydrogen (secondary N) is 1. The van der Waals surface area contributed by atoms with Crippen LogP contribution in [0.15, 0.2) is 24.3 Å². The van der Waals surface area contributed by atoms with Crippen molar-refractivity contribution in [2.24, 2.45) is 0 Å². The number of phenolic OH excluding ortho intramolecular Hbond substituents is 1. The molecule has 0 unspecified atom stereocenters. The lowest BCUT2D eigenvalue weighted by Gasteiger charge is -2.40. The Balaban J connectivity index is 1.47. The quantitative estimate of drug-likeness (QED) is 0.811. The van der Waals surface area contributed by atoms with Crippen molar-refractivity contribution in [2.75, 3.05) is 45.8 Å². The van der Waals surface area contributed by atoms with Crippen LogP contribution in [0.1, 0.15) is 23.2 Å². The van der Waals surface area contributed by atoms with Gasteiger partial charge < -0.3 is 10.4 Å². The fourth-order valence-electron chi connectivity index (χ4n) is 3.40. The molecular formula is C17H25N3O2. The van der Waals surface area contributed by atoms with Gasteiger partial charge in [-0.25, -0.2) is 0 Å². The topological polar surface area (TPSA) is 55.8 Å². The summed E-state index contributed by atoms with van der Waals surface area (Å²) < 4.78 is 0. The van der Waals surface area contributed by atoms with Gasteiger partial charge in [0.25, 0.3) is 0 Å². The Morgan fingerprint density at radius 3 is 2.36 bits per heavy atom. The van der Waals surface area contributed by atoms with Gasteiger partial charge >= 0.3 is 0 Å². The third-order valence-corrected chi connectivity index (χ3v) is 4.79. The first kappa shape index (κ1) is 15.5. The summed E-state index contributed by atoms with van der Waals surface area (Å²) in [6.07, 6.45) is 2.48. The molecule has 22 heavy (non-hydrogen) atoms. The van der Waals surface area contributed by atoms with Crippen molar-refractivity contribution in [1.82, 2.24) is 15.1 Å². The number of ketones is 1. The Morgan fingerprint density at radius 1 is 1.09 bits per heavy atom. The summed E-state index contributed by atoms with van der Waals surface area (Å²) in [6.45, 7) is 6.79. The number of carbonyl (C=O) groups is 1. The van der Waals surface area contributed by atoms with Gasteiger partial charge in [0.2, 0.25) is 0 Å². The molecule has 2 heterocycles. The van der Waals surface area contributed by atoms with Crippen LogP contribution in [0.3, 0.4) is 0 Å². The van der Waals surface area contributed by atoms with Crippen molar-refractivity contribution in [2.45, 2.75) is 18.9 Å². The summed E-state index contributed by atoms with van der Waals surface area (Å²) in [4.78, 5) is 17.1. The number of piperidine rings is 1. The fourth-order valence-corrected chi connectivity index (χ4v) is 3.40. The van der Waals surface area contributed by atoms with Gasteiger partial charge in [-0.15, -0.1) is 0 Å². The second-order valence-corrected chi connectivity index (χ2v) is 6.26. The molecule has 0 atom stereocenters. The third kappa shape index (κ3) is 3.85. The van der Waals surface area contributed by atoms with E-state index in [1.807, 2.05) is 0 Å². The highest BCUT2D eigenvalue weighted by Crippen LogP contribution is 2.15. The van der Waals surface area contributed by atoms with E-state index in [0.717, 1.165) is 45.3 Å². The number of Topliss-reactive ketones (excluding diaryl/α,β-unsaturated/α-hetero) is 1. The number of aromatic hydroxyl groups is 1. The van der Waals surface area contributed by atoms with Gasteiger partial charge in [-0.05, 0) is 50.2 Å². The Hall–Kier alpha value is -1.43. The van der Waals surface area contributed by atoms with Crippen molar-refractivity contribution in [3.05, 3.63) is 29.8 Å². The van der Waals surface area contributed by atoms with E-state index in [2.05, 4.69) is 15.1 Å². The van der Waals surface area contributed by atoms with E-state index >= 15 is 0 Å². The smallest absolute Gasteiger partial charge is 0.176 e. The second-order valence-electron chi connectivity index (χ2n) is 6.26. The summed E-state index contributed by atoms with van der Waals surface area (Å²) in [5.41, 5.74) is 0.679. The molecule has 0 radical (unpaired) electrons. The van der Waals surface area contributed by atoms with Crippen LogP contribution in [-0.2, 0) is 0 Å². The maximum absolute atomic E-state index is 12.3. The molecule has 2 aliphatic heterocycles. The molecule has 3 rings (SSSR count). The molecule has 2 N–H and O–H groups in total. The molecule has 0 bridgehead atoms. The number of piperazine rings is 1. The summed E-state index contributed by atoms with van der Waals surface area (Å²) in [5, 5.41) is 12.7. The van der Waals surface area contributed by atoms with Crippen LogP contribution in [-0.4, -0.2) is 72.5 Å². The Labute approximate surface area is 131 Å². The van der Waals surface area contributed by atoms with Crippen molar-refractivity contribution < 1.29 is 9.90 Å². The lowest BCUT2D eigenvalue weighted by Crippen LogP contribution is -2.53. The standard InChI is InChI=1S/C17H25N3O2/c21-16-3-1-14(2-4-16)17(22)13-19-9-11-20(12-10-19)15-5-7-18-8-6-15/h1-4,15,18,21H,5-13H2. The third-order valence-electron chi connectivity index (χ3n) is 4.79. The molecule has 0 amide bonds. The number of rotatable bonds is 4. The zero-order chi connectivity index (χ0) is 15.4. The van der Waals surface area contributed by atoms with Gasteiger partial charge in [0, 0.05) is 37.8 Å². The maximum atomic E-state index is 12.3. The van der Waals surface area contributed by atoms with Crippen LogP contribution < -0.4 is 5.32 Å². The van der Waals surface area contributed by atoms with E-state index in [1.165, 1.54) is 12.8 Å². The van der Waals surface area contributed by atoms with Crippen LogP contribution in [0.25, 0.3) is 0 Å². The molecule has 1 aromatic carbocycles. The van der Waals surface area contributed by atoms with Gasteiger partial charge in [0.05, 0.1) is 6.54 Å². The average molecular weight is 303 g/mol. The average Bonchev–Trinajstić information content (AvgIpc) is 2.57. The molecule has 2 saturated heterocycles. The van der Waals surface area contributed by atoms with Crippen LogP contribution in [0.2, 0.25) is 0 Å². The lowest BCUT2D eigenvalue weighted by atomic mass is 10.0. The first-order valence-electron chi connectivity index (χ1n) is 8.22. The normalized spacial score (nSPS) is 21.8. The Morgan fingerprint density at radius 2 is 1.73 bits per heavy atom. The van der Waals surface area contributed by atoms with Gasteiger partial charge in [-0.1, -0.05) is 0 Å². The Bertz CT molecular complexity index is 489. The molecule has 0 spiro atoms. The van der Waals surface area contributed by atoms with Crippen molar-refractivity contribution in [1.29, 1.82) is 0 Å². The van der Waals surface area contributed by atoms with E-state index in [1.54, 1.807) is 24.3 Å². The number of benzene rings is 1. The van der Waals surface area contributed by atoms with Crippen LogP contribution in [0.4, 0.5) is 0 Å². The molecule has 0 aromatic heterocycles. The summed E-state index contributed by atoms with van der Waals surface area (Å²) in [7, 11) is 0. The minimum Gasteiger partial charge on any atom is -0.508 e. The minimum absolute atomic E-state index is 0.135. The molecule has 2 fully saturated rings. The van der Waals surface area contributed by atoms with E-state index in [-0.39, 0.29) is 11.5 Å². The lowest BCUT2D eigenvalue weighted by molar-refractivity contribution is 0.0708. The highest BCUT2D eigenvalue weighted by Gasteiger charge is 2.25. The minimum atomic E-state index is 0.135. The summed E-state index contributed by atoms with van der Waals surface area (Å²) in [6, 6.07) is 7.26. The fraction of sp³-hybridized carbons (Fsp3) is 0.588. The molecule has 1 aromatic rings. The molecule has 5 nitrogen and oxygen atoms in total. The number of nitrogens with zero attached hydrogens (tertiary/aromatic N) is 2. The monoisotopic (exact) mass is 303 g/mol. The van der Waals surface area contributed by atoms with Crippen LogP contribution in [0, 0.1) is 0 Å². The highest BCUT2D eigenvalue weighted by atomic mass is 16.3. The first-order chi connectivity index (χ1) is 10.7. The first-order valence-corrected chi connectivity index (χ1v) is 8.22. The van der Waals surface area contributed by atoms with Gasteiger partial charge in [-0.3, -0.25) is 14.6 Å². The molecular weight excluding hydrogens is 278 g/mol. The molecule has 120 valence electrons. The largest absolute Gasteiger partial charge is 0.508 e. The van der Waals surface area contributed by atoms with Gasteiger partial charge in [0.1, 0.15) is 5.75 Å². The Kier molecular flexibility index (Phi) is 5.08. The number of phenols is 1. The maximum Gasteiger partial charge on any atom is 0.176 e. The van der Waals surface area contributed by atoms with E-state index < -0.39 is 0 Å². The van der Waals surface area contributed by atoms with Crippen molar-refractivity contribution >= 4 is 5.78 Å². The highest BCUT2D eigenvalue weighted by molar-refractivity contribution is 5.97. The molecule has 2 aliphatic rings.